The number of nitrogens with one attached hydrogen (secondary N) is 5. The first-order valence-electron chi connectivity index (χ1n) is 18.8. The highest BCUT2D eigenvalue weighted by atomic mass is 19.1. The van der Waals surface area contributed by atoms with Crippen LogP contribution in [0.2, 0.25) is 0 Å². The Morgan fingerprint density at radius 1 is 0.930 bits per heavy atom. The number of aromatic nitrogens is 1. The van der Waals surface area contributed by atoms with Gasteiger partial charge in [0.2, 0.25) is 17.7 Å². The van der Waals surface area contributed by atoms with Crippen LogP contribution in [0.5, 0.6) is 0 Å². The zero-order valence-corrected chi connectivity index (χ0v) is 31.0. The summed E-state index contributed by atoms with van der Waals surface area (Å²) in [5.74, 6) is -4.35. The molecule has 4 aromatic rings. The maximum atomic E-state index is 15.3. The Kier molecular flexibility index (Phi) is 11.2. The summed E-state index contributed by atoms with van der Waals surface area (Å²) in [7, 11) is 1.64. The van der Waals surface area contributed by atoms with Crippen molar-refractivity contribution >= 4 is 52.0 Å². The monoisotopic (exact) mass is 781 g/mol. The number of anilines is 1. The summed E-state index contributed by atoms with van der Waals surface area (Å²) in [4.78, 5) is 81.1. The summed E-state index contributed by atoms with van der Waals surface area (Å²) in [5, 5.41) is 24.6. The number of unbranched alkanes of at least 4 members (excludes halogenated alkanes) is 1. The molecule has 2 unspecified atom stereocenters. The van der Waals surface area contributed by atoms with Gasteiger partial charge in [-0.25, -0.2) is 8.78 Å². The van der Waals surface area contributed by atoms with Gasteiger partial charge in [-0.1, -0.05) is 18.2 Å². The zero-order valence-electron chi connectivity index (χ0n) is 31.0. The molecule has 1 aromatic heterocycles. The number of hydrogen-bond acceptors (Lipinski definition) is 9. The lowest BCUT2D eigenvalue weighted by Gasteiger charge is -2.29. The number of carbonyl (C=O) groups is 6. The van der Waals surface area contributed by atoms with E-state index in [1.807, 2.05) is 0 Å². The maximum absolute atomic E-state index is 15.3. The van der Waals surface area contributed by atoms with Crippen molar-refractivity contribution in [3.63, 3.8) is 0 Å². The number of pyridine rings is 1. The van der Waals surface area contributed by atoms with Crippen LogP contribution in [0.1, 0.15) is 80.7 Å². The molecule has 0 bridgehead atoms. The molecule has 0 radical (unpaired) electrons. The number of rotatable bonds is 14. The van der Waals surface area contributed by atoms with Crippen molar-refractivity contribution in [3.05, 3.63) is 94.2 Å². The van der Waals surface area contributed by atoms with Gasteiger partial charge in [0.1, 0.15) is 23.8 Å². The van der Waals surface area contributed by atoms with Gasteiger partial charge in [0.15, 0.2) is 0 Å². The van der Waals surface area contributed by atoms with E-state index in [0.717, 1.165) is 18.9 Å². The Morgan fingerprint density at radius 2 is 1.70 bits per heavy atom. The summed E-state index contributed by atoms with van der Waals surface area (Å²) in [6, 6.07) is 10.8. The molecule has 1 saturated heterocycles. The van der Waals surface area contributed by atoms with Crippen molar-refractivity contribution in [2.75, 3.05) is 25.5 Å². The summed E-state index contributed by atoms with van der Waals surface area (Å²) in [6.07, 6.45) is 2.94. The van der Waals surface area contributed by atoms with E-state index in [-0.39, 0.29) is 79.4 Å². The lowest BCUT2D eigenvalue weighted by Crippen LogP contribution is -2.52. The average molecular weight is 782 g/mol. The van der Waals surface area contributed by atoms with Gasteiger partial charge in [-0.3, -0.25) is 39.1 Å². The molecule has 3 aliphatic rings. The molecule has 1 aliphatic carbocycles. The number of carbonyl (C=O) groups excluding carboxylic acids is 6. The number of nitrogens with zero attached hydrogens (tertiary/aromatic N) is 2. The van der Waals surface area contributed by atoms with Crippen LogP contribution in [0.4, 0.5) is 14.5 Å². The Labute approximate surface area is 325 Å². The normalized spacial score (nSPS) is 16.9. The number of hydrogen-bond donors (Lipinski definition) is 6. The van der Waals surface area contributed by atoms with E-state index in [9.17, 15) is 33.9 Å². The van der Waals surface area contributed by atoms with Crippen LogP contribution in [-0.4, -0.2) is 88.8 Å². The second-order valence-electron chi connectivity index (χ2n) is 14.4. The van der Waals surface area contributed by atoms with Gasteiger partial charge in [-0.2, -0.15) is 0 Å². The zero-order chi connectivity index (χ0) is 40.4. The highest BCUT2D eigenvalue weighted by Gasteiger charge is 2.40. The molecule has 7 rings (SSSR count). The molecule has 1 saturated carbocycles. The second kappa shape index (κ2) is 16.4. The van der Waals surface area contributed by atoms with E-state index in [4.69, 9.17) is 0 Å². The predicted molar refractivity (Wildman–Crippen MR) is 204 cm³/mol. The molecule has 296 valence electrons. The van der Waals surface area contributed by atoms with Crippen molar-refractivity contribution < 1.29 is 42.7 Å². The first-order valence-corrected chi connectivity index (χ1v) is 18.8. The van der Waals surface area contributed by atoms with Crippen LogP contribution in [0.15, 0.2) is 54.7 Å². The van der Waals surface area contributed by atoms with Crippen molar-refractivity contribution in [1.82, 2.24) is 31.2 Å². The number of halogens is 2. The van der Waals surface area contributed by atoms with Crippen molar-refractivity contribution in [3.8, 4) is 11.1 Å². The number of amides is 6. The van der Waals surface area contributed by atoms with E-state index in [0.29, 0.717) is 51.7 Å². The molecule has 6 N–H and O–H groups in total. The summed E-state index contributed by atoms with van der Waals surface area (Å²) < 4.78 is 30.5. The van der Waals surface area contributed by atoms with Crippen molar-refractivity contribution in [2.45, 2.75) is 69.7 Å². The second-order valence-corrected chi connectivity index (χ2v) is 14.4. The molecule has 14 nitrogen and oxygen atoms in total. The summed E-state index contributed by atoms with van der Waals surface area (Å²) >= 11 is 0. The van der Waals surface area contributed by atoms with Gasteiger partial charge < -0.3 is 31.3 Å². The van der Waals surface area contributed by atoms with E-state index in [2.05, 4.69) is 31.6 Å². The molecular weight excluding hydrogens is 740 g/mol. The molecule has 57 heavy (non-hydrogen) atoms. The number of piperidine rings is 1. The minimum atomic E-state index is -1.41. The molecule has 2 atom stereocenters. The van der Waals surface area contributed by atoms with Gasteiger partial charge in [0.25, 0.3) is 17.7 Å². The summed E-state index contributed by atoms with van der Waals surface area (Å²) in [5.41, 5.74) is 2.69. The number of imide groups is 1. The topological polar surface area (TPSA) is 199 Å². The fourth-order valence-corrected chi connectivity index (χ4v) is 7.25. The Morgan fingerprint density at radius 3 is 2.42 bits per heavy atom. The van der Waals surface area contributed by atoms with E-state index in [1.165, 1.54) is 35.4 Å². The maximum Gasteiger partial charge on any atom is 0.255 e. The molecular formula is C41H41F2N7O7. The highest BCUT2D eigenvalue weighted by molar-refractivity contribution is 6.08. The smallest absolute Gasteiger partial charge is 0.255 e. The SMILES string of the molecule is CNc1c(C(=O)NC2CC2)cnc2cc(F)c(-c3ccc(C(=O)NCCCCNC(=O)C(O)Cc4cccc5c4CN(C4CCC(=O)NC4=O)C5=O)c(F)c3)cc12. The largest absolute Gasteiger partial charge is 0.387 e. The van der Waals surface area contributed by atoms with Crippen LogP contribution in [-0.2, 0) is 27.3 Å². The molecule has 3 aromatic carbocycles. The predicted octanol–water partition coefficient (Wildman–Crippen LogP) is 3.10. The average Bonchev–Trinajstić information content (AvgIpc) is 3.95. The third kappa shape index (κ3) is 8.31. The van der Waals surface area contributed by atoms with Gasteiger partial charge >= 0.3 is 0 Å². The third-order valence-electron chi connectivity index (χ3n) is 10.5. The molecule has 2 aliphatic heterocycles. The molecule has 3 heterocycles. The van der Waals surface area contributed by atoms with Crippen LogP contribution in [0, 0.1) is 11.6 Å². The number of benzene rings is 3. The fourth-order valence-electron chi connectivity index (χ4n) is 7.25. The van der Waals surface area contributed by atoms with Crippen molar-refractivity contribution in [1.29, 1.82) is 0 Å². The Bertz CT molecular complexity index is 2310. The highest BCUT2D eigenvalue weighted by Crippen LogP contribution is 2.34. The first-order chi connectivity index (χ1) is 27.4. The molecule has 6 amide bonds. The molecule has 0 spiro atoms. The quantitative estimate of drug-likeness (QED) is 0.0823. The van der Waals surface area contributed by atoms with E-state index in [1.54, 1.807) is 25.2 Å². The van der Waals surface area contributed by atoms with Crippen LogP contribution in [0.3, 0.4) is 0 Å². The number of aliphatic hydroxyl groups excluding tert-OH is 1. The van der Waals surface area contributed by atoms with Crippen LogP contribution < -0.4 is 26.6 Å². The van der Waals surface area contributed by atoms with Gasteiger partial charge in [-0.05, 0) is 73.1 Å². The van der Waals surface area contributed by atoms with Gasteiger partial charge in [-0.15, -0.1) is 0 Å². The van der Waals surface area contributed by atoms with Gasteiger partial charge in [0, 0.05) is 74.3 Å². The number of fused-ring (bicyclic) bond motifs is 2. The molecule has 2 fully saturated rings. The first kappa shape index (κ1) is 39.0. The minimum Gasteiger partial charge on any atom is -0.387 e. The summed E-state index contributed by atoms with van der Waals surface area (Å²) in [6.45, 7) is 0.479. The lowest BCUT2D eigenvalue weighted by atomic mass is 9.98. The van der Waals surface area contributed by atoms with E-state index < -0.39 is 41.5 Å². The van der Waals surface area contributed by atoms with E-state index >= 15 is 8.78 Å². The standard InChI is InChI=1S/C41H41F2N7O7/c1-44-36-27-17-26(31(43)18-32(27)47-19-28(36)38(54)48-23-8-9-23)22-7-10-25(30(42)15-22)37(53)45-13-2-3-14-46-40(56)34(51)16-21-5-4-6-24-29(21)20-50(41(24)57)33-11-12-35(52)49-39(33)55/h4-7,10,15,17-19,23,33-34,51H,2-3,8-9,11-14,16,20H2,1H3,(H,44,47)(H,45,53)(H,46,56)(H,48,54)(H,49,52,55). The Balaban J connectivity index is 0.887. The Hall–Kier alpha value is -6.29. The van der Waals surface area contributed by atoms with Crippen LogP contribution >= 0.6 is 0 Å². The molecule has 16 heteroatoms. The lowest BCUT2D eigenvalue weighted by molar-refractivity contribution is -0.137. The van der Waals surface area contributed by atoms with Crippen LogP contribution in [0.25, 0.3) is 22.0 Å². The van der Waals surface area contributed by atoms with Gasteiger partial charge in [0.05, 0.1) is 22.3 Å². The van der Waals surface area contributed by atoms with Crippen molar-refractivity contribution in [2.24, 2.45) is 0 Å². The fraction of sp³-hybridized carbons (Fsp3) is 0.341. The third-order valence-corrected chi connectivity index (χ3v) is 10.5. The number of aliphatic hydroxyl groups is 1. The minimum absolute atomic E-state index is 0.0619.